The summed E-state index contributed by atoms with van der Waals surface area (Å²) >= 11 is 1.65. The van der Waals surface area contributed by atoms with Crippen molar-refractivity contribution >= 4 is 17.4 Å². The Labute approximate surface area is 118 Å². The summed E-state index contributed by atoms with van der Waals surface area (Å²) in [5.41, 5.74) is -0.431. The van der Waals surface area contributed by atoms with Crippen LogP contribution < -0.4 is 10.6 Å². The second-order valence-electron chi connectivity index (χ2n) is 5.24. The molecule has 0 saturated carbocycles. The van der Waals surface area contributed by atoms with Crippen LogP contribution in [0.1, 0.15) is 38.6 Å². The van der Waals surface area contributed by atoms with E-state index in [1.54, 1.807) is 11.3 Å². The van der Waals surface area contributed by atoms with Crippen LogP contribution in [0.25, 0.3) is 0 Å². The van der Waals surface area contributed by atoms with Gasteiger partial charge >= 0.3 is 6.09 Å². The lowest BCUT2D eigenvalue weighted by molar-refractivity contribution is 0.0527. The molecule has 19 heavy (non-hydrogen) atoms. The lowest BCUT2D eigenvalue weighted by Gasteiger charge is -2.19. The highest BCUT2D eigenvalue weighted by atomic mass is 32.1. The molecule has 2 N–H and O–H groups in total. The van der Waals surface area contributed by atoms with Crippen LogP contribution >= 0.6 is 11.3 Å². The average molecular weight is 285 g/mol. The van der Waals surface area contributed by atoms with Gasteiger partial charge in [0.2, 0.25) is 0 Å². The van der Waals surface area contributed by atoms with E-state index < -0.39 is 5.60 Å². The second-order valence-corrected chi connectivity index (χ2v) is 6.22. The topological polar surface area (TPSA) is 63.2 Å². The zero-order valence-electron chi connectivity index (χ0n) is 11.9. The molecule has 0 aliphatic rings. The maximum atomic E-state index is 11.3. The highest BCUT2D eigenvalue weighted by Crippen LogP contribution is 2.06. The molecule has 0 aromatic carbocycles. The van der Waals surface area contributed by atoms with E-state index in [-0.39, 0.29) is 6.09 Å². The van der Waals surface area contributed by atoms with E-state index in [4.69, 9.17) is 4.74 Å². The molecule has 108 valence electrons. The third-order valence-corrected chi connectivity index (χ3v) is 2.99. The minimum absolute atomic E-state index is 0.344. The fourth-order valence-electron chi connectivity index (χ4n) is 1.42. The minimum atomic E-state index is -0.431. The molecule has 0 bridgehead atoms. The van der Waals surface area contributed by atoms with E-state index in [9.17, 15) is 4.79 Å². The predicted molar refractivity (Wildman–Crippen MR) is 77.3 cm³/mol. The SMILES string of the molecule is CC(C)(C)OC(=O)NCCCCNCc1nccs1. The lowest BCUT2D eigenvalue weighted by atomic mass is 10.2. The van der Waals surface area contributed by atoms with Gasteiger partial charge in [-0.3, -0.25) is 0 Å². The number of hydrogen-bond acceptors (Lipinski definition) is 5. The van der Waals surface area contributed by atoms with Crippen molar-refractivity contribution in [3.63, 3.8) is 0 Å². The van der Waals surface area contributed by atoms with E-state index >= 15 is 0 Å². The summed E-state index contributed by atoms with van der Waals surface area (Å²) in [6.45, 7) is 7.96. The normalized spacial score (nSPS) is 11.3. The Morgan fingerprint density at radius 3 is 2.74 bits per heavy atom. The summed E-state index contributed by atoms with van der Waals surface area (Å²) < 4.78 is 5.14. The minimum Gasteiger partial charge on any atom is -0.444 e. The fraction of sp³-hybridized carbons (Fsp3) is 0.692. The summed E-state index contributed by atoms with van der Waals surface area (Å²) in [4.78, 5) is 15.5. The number of amides is 1. The monoisotopic (exact) mass is 285 g/mol. The summed E-state index contributed by atoms with van der Waals surface area (Å²) in [7, 11) is 0. The van der Waals surface area contributed by atoms with Crippen molar-refractivity contribution in [3.8, 4) is 0 Å². The zero-order valence-corrected chi connectivity index (χ0v) is 12.7. The first-order valence-electron chi connectivity index (χ1n) is 6.53. The van der Waals surface area contributed by atoms with Crippen LogP contribution in [0.15, 0.2) is 11.6 Å². The zero-order chi connectivity index (χ0) is 14.1. The number of nitrogens with one attached hydrogen (secondary N) is 2. The molecule has 0 aliphatic carbocycles. The first-order valence-corrected chi connectivity index (χ1v) is 7.41. The molecule has 0 radical (unpaired) electrons. The van der Waals surface area contributed by atoms with Gasteiger partial charge in [0.15, 0.2) is 0 Å². The lowest BCUT2D eigenvalue weighted by Crippen LogP contribution is -2.33. The number of unbranched alkanes of at least 4 members (excludes halogenated alkanes) is 1. The van der Waals surface area contributed by atoms with Gasteiger partial charge in [-0.25, -0.2) is 9.78 Å². The first kappa shape index (κ1) is 15.9. The van der Waals surface area contributed by atoms with Crippen molar-refractivity contribution in [3.05, 3.63) is 16.6 Å². The quantitative estimate of drug-likeness (QED) is 0.756. The van der Waals surface area contributed by atoms with Crippen molar-refractivity contribution in [2.75, 3.05) is 13.1 Å². The largest absolute Gasteiger partial charge is 0.444 e. The molecule has 0 atom stereocenters. The standard InChI is InChI=1S/C13H23N3O2S/c1-13(2,3)18-12(17)16-7-5-4-6-14-10-11-15-8-9-19-11/h8-9,14H,4-7,10H2,1-3H3,(H,16,17). The Kier molecular flexibility index (Phi) is 6.80. The van der Waals surface area contributed by atoms with Crippen molar-refractivity contribution in [1.29, 1.82) is 0 Å². The van der Waals surface area contributed by atoms with Crippen LogP contribution in [0.4, 0.5) is 4.79 Å². The number of thiazole rings is 1. The molecule has 0 fully saturated rings. The number of hydrogen-bond donors (Lipinski definition) is 2. The molecular weight excluding hydrogens is 262 g/mol. The van der Waals surface area contributed by atoms with Crippen LogP contribution in [0, 0.1) is 0 Å². The van der Waals surface area contributed by atoms with Crippen LogP contribution in [-0.2, 0) is 11.3 Å². The van der Waals surface area contributed by atoms with Crippen LogP contribution in [-0.4, -0.2) is 29.8 Å². The maximum absolute atomic E-state index is 11.3. The number of rotatable bonds is 7. The molecular formula is C13H23N3O2S. The van der Waals surface area contributed by atoms with E-state index in [0.717, 1.165) is 30.9 Å². The van der Waals surface area contributed by atoms with Gasteiger partial charge in [0, 0.05) is 24.7 Å². The molecule has 0 spiro atoms. The average Bonchev–Trinajstić information content (AvgIpc) is 2.78. The highest BCUT2D eigenvalue weighted by Gasteiger charge is 2.15. The van der Waals surface area contributed by atoms with Crippen LogP contribution in [0.2, 0.25) is 0 Å². The Hall–Kier alpha value is -1.14. The molecule has 1 aromatic rings. The summed E-state index contributed by atoms with van der Waals surface area (Å²) in [6, 6.07) is 0. The van der Waals surface area contributed by atoms with Gasteiger partial charge in [0.05, 0.1) is 0 Å². The third kappa shape index (κ3) is 8.56. The summed E-state index contributed by atoms with van der Waals surface area (Å²) in [6.07, 6.45) is 3.42. The Morgan fingerprint density at radius 2 is 2.11 bits per heavy atom. The summed E-state index contributed by atoms with van der Waals surface area (Å²) in [5.74, 6) is 0. The van der Waals surface area contributed by atoms with Gasteiger partial charge in [0.25, 0.3) is 0 Å². The predicted octanol–water partition coefficient (Wildman–Crippen LogP) is 2.54. The molecule has 1 aromatic heterocycles. The van der Waals surface area contributed by atoms with Gasteiger partial charge in [-0.1, -0.05) is 0 Å². The van der Waals surface area contributed by atoms with Crippen molar-refractivity contribution in [2.24, 2.45) is 0 Å². The molecule has 0 unspecified atom stereocenters. The van der Waals surface area contributed by atoms with Crippen molar-refractivity contribution in [2.45, 2.75) is 45.8 Å². The number of carbonyl (C=O) groups excluding carboxylic acids is 1. The molecule has 1 heterocycles. The second kappa shape index (κ2) is 8.12. The Bertz CT molecular complexity index is 360. The Morgan fingerprint density at radius 1 is 1.37 bits per heavy atom. The fourth-order valence-corrected chi connectivity index (χ4v) is 2.00. The van der Waals surface area contributed by atoms with Crippen LogP contribution in [0.5, 0.6) is 0 Å². The van der Waals surface area contributed by atoms with Crippen molar-refractivity contribution in [1.82, 2.24) is 15.6 Å². The van der Waals surface area contributed by atoms with Gasteiger partial charge in [0.1, 0.15) is 10.6 Å². The van der Waals surface area contributed by atoms with Gasteiger partial charge < -0.3 is 15.4 Å². The van der Waals surface area contributed by atoms with Crippen molar-refractivity contribution < 1.29 is 9.53 Å². The highest BCUT2D eigenvalue weighted by molar-refractivity contribution is 7.09. The first-order chi connectivity index (χ1) is 8.97. The molecule has 1 rings (SSSR count). The third-order valence-electron chi connectivity index (χ3n) is 2.21. The number of aromatic nitrogens is 1. The van der Waals surface area contributed by atoms with E-state index in [0.29, 0.717) is 6.54 Å². The number of carbonyl (C=O) groups is 1. The number of ether oxygens (including phenoxy) is 1. The molecule has 6 heteroatoms. The summed E-state index contributed by atoms with van der Waals surface area (Å²) in [5, 5.41) is 9.14. The van der Waals surface area contributed by atoms with Crippen LogP contribution in [0.3, 0.4) is 0 Å². The van der Waals surface area contributed by atoms with E-state index in [2.05, 4.69) is 15.6 Å². The van der Waals surface area contributed by atoms with E-state index in [1.807, 2.05) is 32.3 Å². The Balaban J connectivity index is 1.92. The number of nitrogens with zero attached hydrogens (tertiary/aromatic N) is 1. The van der Waals surface area contributed by atoms with Gasteiger partial charge in [-0.2, -0.15) is 0 Å². The molecule has 5 nitrogen and oxygen atoms in total. The molecule has 1 amide bonds. The molecule has 0 aliphatic heterocycles. The smallest absolute Gasteiger partial charge is 0.407 e. The number of alkyl carbamates (subject to hydrolysis) is 1. The van der Waals surface area contributed by atoms with Gasteiger partial charge in [-0.15, -0.1) is 11.3 Å². The van der Waals surface area contributed by atoms with Gasteiger partial charge in [-0.05, 0) is 40.2 Å². The maximum Gasteiger partial charge on any atom is 0.407 e. The molecule has 0 saturated heterocycles. The van der Waals surface area contributed by atoms with E-state index in [1.165, 1.54) is 0 Å².